The molecular weight excluding hydrogens is 344 g/mol. The summed E-state index contributed by atoms with van der Waals surface area (Å²) in [5, 5.41) is 10.8. The van der Waals surface area contributed by atoms with Gasteiger partial charge in [-0.25, -0.2) is 0 Å². The summed E-state index contributed by atoms with van der Waals surface area (Å²) in [6.45, 7) is 4.04. The van der Waals surface area contributed by atoms with E-state index in [4.69, 9.17) is 9.47 Å². The fourth-order valence-corrected chi connectivity index (χ4v) is 3.71. The number of ether oxygens (including phenoxy) is 2. The molecule has 0 aromatic heterocycles. The predicted octanol–water partition coefficient (Wildman–Crippen LogP) is 1.69. The summed E-state index contributed by atoms with van der Waals surface area (Å²) in [6.07, 6.45) is 5.03. The monoisotopic (exact) mass is 374 g/mol. The first-order valence-electron chi connectivity index (χ1n) is 9.78. The Kier molecular flexibility index (Phi) is 7.26. The average molecular weight is 374 g/mol. The number of carbonyl (C=O) groups excluding carboxylic acids is 1. The van der Waals surface area contributed by atoms with Crippen LogP contribution < -0.4 is 4.74 Å². The third-order valence-electron chi connectivity index (χ3n) is 5.37. The summed E-state index contributed by atoms with van der Waals surface area (Å²) in [6, 6.07) is 9.31. The Labute approximate surface area is 161 Å². The molecule has 1 aliphatic carbocycles. The SMILES string of the molecule is CN(C(=O)/C=C/CN1CCOCC1)[C@@H]1CCC[C@@H](Oc2ccccc2)[C@@H]1O. The van der Waals surface area contributed by atoms with E-state index in [9.17, 15) is 9.90 Å². The lowest BCUT2D eigenvalue weighted by atomic mass is 9.89. The molecule has 1 amide bonds. The molecule has 2 aliphatic rings. The minimum Gasteiger partial charge on any atom is -0.488 e. The van der Waals surface area contributed by atoms with Crippen LogP contribution >= 0.6 is 0 Å². The number of benzene rings is 1. The van der Waals surface area contributed by atoms with Gasteiger partial charge in [-0.1, -0.05) is 24.3 Å². The Morgan fingerprint density at radius 1 is 1.30 bits per heavy atom. The molecule has 1 N–H and O–H groups in total. The molecule has 0 bridgehead atoms. The number of hydrogen-bond acceptors (Lipinski definition) is 5. The van der Waals surface area contributed by atoms with Crippen molar-refractivity contribution in [1.29, 1.82) is 0 Å². The van der Waals surface area contributed by atoms with Crippen molar-refractivity contribution < 1.29 is 19.4 Å². The molecule has 1 saturated carbocycles. The van der Waals surface area contributed by atoms with Gasteiger partial charge < -0.3 is 19.5 Å². The summed E-state index contributed by atoms with van der Waals surface area (Å²) >= 11 is 0. The number of hydrogen-bond donors (Lipinski definition) is 1. The molecule has 1 aromatic rings. The third-order valence-corrected chi connectivity index (χ3v) is 5.37. The normalized spacial score (nSPS) is 26.8. The zero-order valence-corrected chi connectivity index (χ0v) is 16.0. The number of carbonyl (C=O) groups is 1. The molecule has 6 heteroatoms. The minimum absolute atomic E-state index is 0.0762. The van der Waals surface area contributed by atoms with Gasteiger partial charge in [-0.2, -0.15) is 0 Å². The molecule has 0 unspecified atom stereocenters. The number of amides is 1. The second-order valence-electron chi connectivity index (χ2n) is 7.22. The molecular formula is C21H30N2O4. The highest BCUT2D eigenvalue weighted by atomic mass is 16.5. The van der Waals surface area contributed by atoms with Crippen LogP contribution in [0.1, 0.15) is 19.3 Å². The van der Waals surface area contributed by atoms with Crippen LogP contribution in [-0.2, 0) is 9.53 Å². The highest BCUT2D eigenvalue weighted by molar-refractivity contribution is 5.87. The number of morpholine rings is 1. The van der Waals surface area contributed by atoms with E-state index >= 15 is 0 Å². The predicted molar refractivity (Wildman–Crippen MR) is 104 cm³/mol. The molecule has 27 heavy (non-hydrogen) atoms. The number of aliphatic hydroxyl groups excluding tert-OH is 1. The Hall–Kier alpha value is -1.89. The standard InChI is InChI=1S/C21H30N2O4/c1-22(20(24)11-6-12-23-13-15-26-16-14-23)18-9-5-10-19(21(18)25)27-17-7-3-2-4-8-17/h2-4,6-8,11,18-19,21,25H,5,9-10,12-16H2,1H3/b11-6+/t18-,19-,21-/m1/s1. The van der Waals surface area contributed by atoms with Gasteiger partial charge in [0.05, 0.1) is 19.3 Å². The third kappa shape index (κ3) is 5.54. The number of aliphatic hydroxyl groups is 1. The lowest BCUT2D eigenvalue weighted by Gasteiger charge is -2.39. The molecule has 3 rings (SSSR count). The second kappa shape index (κ2) is 9.88. The van der Waals surface area contributed by atoms with Crippen LogP contribution in [0.25, 0.3) is 0 Å². The van der Waals surface area contributed by atoms with Crippen molar-refractivity contribution in [1.82, 2.24) is 9.80 Å². The van der Waals surface area contributed by atoms with E-state index in [1.54, 1.807) is 18.0 Å². The summed E-state index contributed by atoms with van der Waals surface area (Å²) in [7, 11) is 1.76. The van der Waals surface area contributed by atoms with Gasteiger partial charge in [0.2, 0.25) is 5.91 Å². The zero-order chi connectivity index (χ0) is 19.1. The van der Waals surface area contributed by atoms with Gasteiger partial charge in [0.1, 0.15) is 18.0 Å². The highest BCUT2D eigenvalue weighted by Crippen LogP contribution is 2.27. The van der Waals surface area contributed by atoms with Crippen molar-refractivity contribution in [3.05, 3.63) is 42.5 Å². The molecule has 1 aliphatic heterocycles. The van der Waals surface area contributed by atoms with Gasteiger partial charge in [-0.3, -0.25) is 9.69 Å². The summed E-state index contributed by atoms with van der Waals surface area (Å²) in [4.78, 5) is 16.4. The Morgan fingerprint density at radius 2 is 2.04 bits per heavy atom. The smallest absolute Gasteiger partial charge is 0.246 e. The number of rotatable bonds is 6. The number of likely N-dealkylation sites (N-methyl/N-ethyl adjacent to an activating group) is 1. The van der Waals surface area contributed by atoms with Crippen LogP contribution in [0.15, 0.2) is 42.5 Å². The van der Waals surface area contributed by atoms with Crippen molar-refractivity contribution in [2.75, 3.05) is 39.9 Å². The van der Waals surface area contributed by atoms with E-state index in [2.05, 4.69) is 4.90 Å². The lowest BCUT2D eigenvalue weighted by molar-refractivity contribution is -0.132. The van der Waals surface area contributed by atoms with Crippen LogP contribution in [0.4, 0.5) is 0 Å². The Morgan fingerprint density at radius 3 is 2.78 bits per heavy atom. The molecule has 148 valence electrons. The largest absolute Gasteiger partial charge is 0.488 e. The van der Waals surface area contributed by atoms with E-state index in [-0.39, 0.29) is 18.1 Å². The molecule has 2 fully saturated rings. The second-order valence-corrected chi connectivity index (χ2v) is 7.22. The van der Waals surface area contributed by atoms with Crippen LogP contribution in [-0.4, -0.2) is 79.0 Å². The highest BCUT2D eigenvalue weighted by Gasteiger charge is 2.36. The lowest BCUT2D eigenvalue weighted by Crippen LogP contribution is -2.53. The molecule has 6 nitrogen and oxygen atoms in total. The maximum Gasteiger partial charge on any atom is 0.246 e. The molecule has 1 heterocycles. The fourth-order valence-electron chi connectivity index (χ4n) is 3.71. The van der Waals surface area contributed by atoms with Crippen LogP contribution in [0, 0.1) is 0 Å². The Bertz CT molecular complexity index is 616. The summed E-state index contributed by atoms with van der Waals surface area (Å²) in [5.41, 5.74) is 0. The minimum atomic E-state index is -0.694. The maximum atomic E-state index is 12.5. The van der Waals surface area contributed by atoms with Gasteiger partial charge in [-0.05, 0) is 31.4 Å². The fraction of sp³-hybridized carbons (Fsp3) is 0.571. The number of nitrogens with zero attached hydrogens (tertiary/aromatic N) is 2. The molecule has 0 spiro atoms. The van der Waals surface area contributed by atoms with Gasteiger partial charge in [0.15, 0.2) is 0 Å². The molecule has 0 radical (unpaired) electrons. The molecule has 1 aromatic carbocycles. The summed E-state index contributed by atoms with van der Waals surface area (Å²) < 4.78 is 11.3. The van der Waals surface area contributed by atoms with Gasteiger partial charge in [0.25, 0.3) is 0 Å². The van der Waals surface area contributed by atoms with Crippen molar-refractivity contribution in [2.24, 2.45) is 0 Å². The van der Waals surface area contributed by atoms with Gasteiger partial charge >= 0.3 is 0 Å². The van der Waals surface area contributed by atoms with Crippen LogP contribution in [0.5, 0.6) is 5.75 Å². The van der Waals surface area contributed by atoms with E-state index in [0.717, 1.165) is 57.9 Å². The van der Waals surface area contributed by atoms with Crippen molar-refractivity contribution in [3.63, 3.8) is 0 Å². The number of para-hydroxylation sites is 1. The van der Waals surface area contributed by atoms with Crippen molar-refractivity contribution >= 4 is 5.91 Å². The van der Waals surface area contributed by atoms with Crippen molar-refractivity contribution in [2.45, 2.75) is 37.5 Å². The first kappa shape index (κ1) is 19.9. The molecule has 1 saturated heterocycles. The maximum absolute atomic E-state index is 12.5. The van der Waals surface area contributed by atoms with Crippen molar-refractivity contribution in [3.8, 4) is 5.75 Å². The van der Waals surface area contributed by atoms with E-state index in [1.165, 1.54) is 0 Å². The quantitative estimate of drug-likeness (QED) is 0.768. The van der Waals surface area contributed by atoms with E-state index in [1.807, 2.05) is 36.4 Å². The van der Waals surface area contributed by atoms with E-state index in [0.29, 0.717) is 0 Å². The first-order chi connectivity index (χ1) is 13.1. The summed E-state index contributed by atoms with van der Waals surface area (Å²) in [5.74, 6) is 0.675. The van der Waals surface area contributed by atoms with Gasteiger partial charge in [0, 0.05) is 32.8 Å². The van der Waals surface area contributed by atoms with E-state index < -0.39 is 6.10 Å². The average Bonchev–Trinajstić information content (AvgIpc) is 2.70. The zero-order valence-electron chi connectivity index (χ0n) is 16.0. The van der Waals surface area contributed by atoms with Gasteiger partial charge in [-0.15, -0.1) is 0 Å². The Balaban J connectivity index is 1.52. The first-order valence-corrected chi connectivity index (χ1v) is 9.78. The topological polar surface area (TPSA) is 62.2 Å². The van der Waals surface area contributed by atoms with Crippen LogP contribution in [0.3, 0.4) is 0 Å². The van der Waals surface area contributed by atoms with Crippen LogP contribution in [0.2, 0.25) is 0 Å². The molecule has 3 atom stereocenters.